The van der Waals surface area contributed by atoms with Crippen LogP contribution in [0.25, 0.3) is 0 Å². The van der Waals surface area contributed by atoms with E-state index in [1.54, 1.807) is 18.2 Å². The zero-order chi connectivity index (χ0) is 17.0. The second kappa shape index (κ2) is 6.81. The van der Waals surface area contributed by atoms with Gasteiger partial charge in [-0.15, -0.1) is 0 Å². The average molecular weight is 395 g/mol. The highest BCUT2D eigenvalue weighted by atomic mass is 79.9. The minimum atomic E-state index is -3.83. The minimum Gasteiger partial charge on any atom is -0.465 e. The minimum absolute atomic E-state index is 0.0380. The summed E-state index contributed by atoms with van der Waals surface area (Å²) in [7, 11) is -3.83. The highest BCUT2D eigenvalue weighted by Gasteiger charge is 2.25. The molecule has 0 spiro atoms. The lowest BCUT2D eigenvalue weighted by molar-refractivity contribution is 0.203. The normalized spacial score (nSPS) is 10.8. The number of carbonyl (C=O) groups is 1. The number of hydrogen-bond donors (Lipinski definition) is 1. The summed E-state index contributed by atoms with van der Waals surface area (Å²) in [6.45, 7) is 0. The molecule has 0 aliphatic heterocycles. The van der Waals surface area contributed by atoms with Crippen molar-refractivity contribution in [3.8, 4) is 6.07 Å². The summed E-state index contributed by atoms with van der Waals surface area (Å²) < 4.78 is 25.1. The van der Waals surface area contributed by atoms with Crippen molar-refractivity contribution in [3.05, 3.63) is 58.6 Å². The van der Waals surface area contributed by atoms with Gasteiger partial charge < -0.3 is 5.11 Å². The van der Waals surface area contributed by atoms with Gasteiger partial charge in [0, 0.05) is 4.47 Å². The van der Waals surface area contributed by atoms with E-state index in [1.807, 2.05) is 6.07 Å². The fraction of sp³-hybridized carbons (Fsp3) is 0.0667. The third kappa shape index (κ3) is 3.88. The lowest BCUT2D eigenvalue weighted by Crippen LogP contribution is -2.34. The van der Waals surface area contributed by atoms with Crippen LogP contribution < -0.4 is 4.90 Å². The van der Waals surface area contributed by atoms with E-state index in [9.17, 15) is 18.3 Å². The van der Waals surface area contributed by atoms with E-state index in [0.29, 0.717) is 14.9 Å². The molecule has 0 bridgehead atoms. The number of sulfone groups is 1. The van der Waals surface area contributed by atoms with Crippen molar-refractivity contribution in [2.24, 2.45) is 0 Å². The van der Waals surface area contributed by atoms with Gasteiger partial charge in [-0.25, -0.2) is 13.2 Å². The van der Waals surface area contributed by atoms with Gasteiger partial charge >= 0.3 is 6.09 Å². The van der Waals surface area contributed by atoms with Crippen LogP contribution in [-0.2, 0) is 9.84 Å². The molecule has 0 saturated heterocycles. The summed E-state index contributed by atoms with van der Waals surface area (Å²) >= 11 is 3.17. The highest BCUT2D eigenvalue weighted by Crippen LogP contribution is 2.28. The van der Waals surface area contributed by atoms with Gasteiger partial charge in [-0.1, -0.05) is 18.2 Å². The second-order valence-electron chi connectivity index (χ2n) is 4.55. The summed E-state index contributed by atoms with van der Waals surface area (Å²) in [5.41, 5.74) is 0.480. The van der Waals surface area contributed by atoms with E-state index in [1.165, 1.54) is 30.3 Å². The number of rotatable bonds is 4. The van der Waals surface area contributed by atoms with E-state index in [4.69, 9.17) is 5.26 Å². The number of hydrogen-bond acceptors (Lipinski definition) is 4. The molecule has 118 valence electrons. The molecule has 0 saturated carbocycles. The predicted molar refractivity (Wildman–Crippen MR) is 87.9 cm³/mol. The Balaban J connectivity index is 2.41. The molecule has 2 aromatic rings. The molecule has 0 heterocycles. The molecule has 23 heavy (non-hydrogen) atoms. The number of nitriles is 1. The van der Waals surface area contributed by atoms with Crippen LogP contribution in [0.4, 0.5) is 10.5 Å². The van der Waals surface area contributed by atoms with E-state index < -0.39 is 21.8 Å². The number of halogens is 1. The van der Waals surface area contributed by atoms with Gasteiger partial charge in [-0.05, 0) is 46.3 Å². The molecule has 6 nitrogen and oxygen atoms in total. The SMILES string of the molecule is N#Cc1ccc(N(CS(=O)(=O)c2ccccc2)C(=O)O)c(Br)c1. The molecule has 0 aliphatic carbocycles. The van der Waals surface area contributed by atoms with Gasteiger partial charge in [-0.3, -0.25) is 4.90 Å². The molecule has 2 rings (SSSR count). The highest BCUT2D eigenvalue weighted by molar-refractivity contribution is 9.10. The van der Waals surface area contributed by atoms with Gasteiger partial charge in [0.1, 0.15) is 5.88 Å². The third-order valence-corrected chi connectivity index (χ3v) is 5.22. The van der Waals surface area contributed by atoms with Crippen molar-refractivity contribution in [3.63, 3.8) is 0 Å². The molecular formula is C15H11BrN2O4S. The summed E-state index contributed by atoms with van der Waals surface area (Å²) in [5.74, 6) is -0.725. The summed E-state index contributed by atoms with van der Waals surface area (Å²) in [4.78, 5) is 12.2. The van der Waals surface area contributed by atoms with Crippen LogP contribution in [0.5, 0.6) is 0 Å². The summed E-state index contributed by atoms with van der Waals surface area (Å²) in [6, 6.07) is 13.8. The zero-order valence-corrected chi connectivity index (χ0v) is 14.1. The number of anilines is 1. The molecule has 0 unspecified atom stereocenters. The van der Waals surface area contributed by atoms with Crippen LogP contribution in [0.2, 0.25) is 0 Å². The van der Waals surface area contributed by atoms with Gasteiger partial charge in [0.05, 0.1) is 22.2 Å². The Bertz CT molecular complexity index is 876. The van der Waals surface area contributed by atoms with Crippen LogP contribution in [0, 0.1) is 11.3 Å². The Morgan fingerprint density at radius 3 is 2.39 bits per heavy atom. The Morgan fingerprint density at radius 2 is 1.87 bits per heavy atom. The maximum absolute atomic E-state index is 12.4. The van der Waals surface area contributed by atoms with Crippen LogP contribution in [0.3, 0.4) is 0 Å². The first-order valence-corrected chi connectivity index (χ1v) is 8.77. The quantitative estimate of drug-likeness (QED) is 0.857. The maximum Gasteiger partial charge on any atom is 0.412 e. The van der Waals surface area contributed by atoms with Crippen molar-refractivity contribution in [2.75, 3.05) is 10.8 Å². The van der Waals surface area contributed by atoms with E-state index in [-0.39, 0.29) is 10.6 Å². The number of benzene rings is 2. The predicted octanol–water partition coefficient (Wildman–Crippen LogP) is 3.24. The van der Waals surface area contributed by atoms with Crippen LogP contribution in [-0.4, -0.2) is 25.5 Å². The molecule has 0 radical (unpaired) electrons. The molecular weight excluding hydrogens is 384 g/mol. The van der Waals surface area contributed by atoms with Gasteiger partial charge in [0.25, 0.3) is 0 Å². The van der Waals surface area contributed by atoms with Crippen molar-refractivity contribution >= 4 is 37.5 Å². The summed E-state index contributed by atoms with van der Waals surface area (Å²) in [5, 5.41) is 18.2. The zero-order valence-electron chi connectivity index (χ0n) is 11.7. The number of nitrogens with zero attached hydrogens (tertiary/aromatic N) is 2. The van der Waals surface area contributed by atoms with Gasteiger partial charge in [0.2, 0.25) is 0 Å². The van der Waals surface area contributed by atoms with Crippen LogP contribution >= 0.6 is 15.9 Å². The molecule has 2 aromatic carbocycles. The molecule has 0 aromatic heterocycles. The number of amides is 1. The summed E-state index contributed by atoms with van der Waals surface area (Å²) in [6.07, 6.45) is -1.41. The van der Waals surface area contributed by atoms with Crippen molar-refractivity contribution in [1.29, 1.82) is 5.26 Å². The molecule has 0 aliphatic rings. The van der Waals surface area contributed by atoms with E-state index in [2.05, 4.69) is 15.9 Å². The first-order valence-electron chi connectivity index (χ1n) is 6.33. The topological polar surface area (TPSA) is 98.5 Å². The standard InChI is InChI=1S/C15H11BrN2O4S/c16-13-8-11(9-17)6-7-14(13)18(15(19)20)10-23(21,22)12-4-2-1-3-5-12/h1-8H,10H2,(H,19,20). The monoisotopic (exact) mass is 394 g/mol. The average Bonchev–Trinajstić information content (AvgIpc) is 2.53. The Labute approximate surface area is 141 Å². The molecule has 1 amide bonds. The maximum atomic E-state index is 12.4. The van der Waals surface area contributed by atoms with E-state index in [0.717, 1.165) is 0 Å². The molecule has 1 N–H and O–H groups in total. The van der Waals surface area contributed by atoms with Gasteiger partial charge in [0.15, 0.2) is 9.84 Å². The van der Waals surface area contributed by atoms with Crippen LogP contribution in [0.15, 0.2) is 57.9 Å². The Kier molecular flexibility index (Phi) is 5.03. The second-order valence-corrected chi connectivity index (χ2v) is 7.36. The molecule has 0 fully saturated rings. The van der Waals surface area contributed by atoms with Crippen LogP contribution in [0.1, 0.15) is 5.56 Å². The fourth-order valence-electron chi connectivity index (χ4n) is 1.90. The largest absolute Gasteiger partial charge is 0.465 e. The van der Waals surface area contributed by atoms with Gasteiger partial charge in [-0.2, -0.15) is 5.26 Å². The van der Waals surface area contributed by atoms with Crippen molar-refractivity contribution in [2.45, 2.75) is 4.90 Å². The lowest BCUT2D eigenvalue weighted by Gasteiger charge is -2.20. The lowest BCUT2D eigenvalue weighted by atomic mass is 10.2. The number of carboxylic acid groups (broad SMARTS) is 1. The Morgan fingerprint density at radius 1 is 1.22 bits per heavy atom. The third-order valence-electron chi connectivity index (χ3n) is 3.00. The smallest absolute Gasteiger partial charge is 0.412 e. The first-order chi connectivity index (χ1) is 10.8. The Hall–Kier alpha value is -2.37. The van der Waals surface area contributed by atoms with Crippen molar-refractivity contribution in [1.82, 2.24) is 0 Å². The first kappa shape index (κ1) is 17.0. The molecule has 8 heteroatoms. The molecule has 0 atom stereocenters. The van der Waals surface area contributed by atoms with Crippen molar-refractivity contribution < 1.29 is 18.3 Å². The fourth-order valence-corrected chi connectivity index (χ4v) is 3.80. The van der Waals surface area contributed by atoms with E-state index >= 15 is 0 Å².